The summed E-state index contributed by atoms with van der Waals surface area (Å²) in [5, 5.41) is 9.71. The minimum atomic E-state index is -0.768. The van der Waals surface area contributed by atoms with E-state index in [1.807, 2.05) is 0 Å². The quantitative estimate of drug-likeness (QED) is 0.932. The smallest absolute Gasteiger partial charge is 0.260 e. The number of amides is 1. The van der Waals surface area contributed by atoms with E-state index in [-0.39, 0.29) is 11.5 Å². The van der Waals surface area contributed by atoms with E-state index in [4.69, 9.17) is 0 Å². The van der Waals surface area contributed by atoms with Crippen LogP contribution in [-0.2, 0) is 6.42 Å². The molecule has 0 spiro atoms. The molecule has 1 aliphatic rings. The summed E-state index contributed by atoms with van der Waals surface area (Å²) in [5.74, 6) is -2.96. The van der Waals surface area contributed by atoms with Crippen LogP contribution in [0.2, 0.25) is 0 Å². The van der Waals surface area contributed by atoms with Gasteiger partial charge in [-0.15, -0.1) is 0 Å². The standard InChI is InChI=1S/C18H16F3NO2/c19-13-7-12(8-14(20)9-13)6-11-4-5-22(10-11)18(24)17-15(21)2-1-3-16(17)23/h1-3,7-9,11,23H,4-6,10H2. The molecule has 0 aliphatic carbocycles. The summed E-state index contributed by atoms with van der Waals surface area (Å²) in [6.07, 6.45) is 1.08. The lowest BCUT2D eigenvalue weighted by Gasteiger charge is -2.17. The minimum absolute atomic E-state index is 0.0315. The summed E-state index contributed by atoms with van der Waals surface area (Å²) in [4.78, 5) is 13.9. The third kappa shape index (κ3) is 3.37. The Morgan fingerprint density at radius 2 is 1.88 bits per heavy atom. The first kappa shape index (κ1) is 16.4. The predicted octanol–water partition coefficient (Wildman–Crippen LogP) is 3.51. The number of aromatic hydroxyl groups is 1. The second-order valence-electron chi connectivity index (χ2n) is 6.02. The number of carbonyl (C=O) groups is 1. The van der Waals surface area contributed by atoms with E-state index in [1.54, 1.807) is 0 Å². The number of rotatable bonds is 3. The van der Waals surface area contributed by atoms with Gasteiger partial charge in [0.25, 0.3) is 5.91 Å². The van der Waals surface area contributed by atoms with Crippen molar-refractivity contribution >= 4 is 5.91 Å². The first-order valence-corrected chi connectivity index (χ1v) is 7.66. The van der Waals surface area contributed by atoms with Crippen LogP contribution in [-0.4, -0.2) is 29.0 Å². The third-order valence-electron chi connectivity index (χ3n) is 4.23. The van der Waals surface area contributed by atoms with Crippen LogP contribution in [0.3, 0.4) is 0 Å². The molecule has 24 heavy (non-hydrogen) atoms. The highest BCUT2D eigenvalue weighted by Crippen LogP contribution is 2.27. The lowest BCUT2D eigenvalue weighted by Crippen LogP contribution is -2.29. The second kappa shape index (κ2) is 6.55. The van der Waals surface area contributed by atoms with E-state index in [9.17, 15) is 23.1 Å². The average molecular weight is 335 g/mol. The van der Waals surface area contributed by atoms with Crippen LogP contribution in [0.1, 0.15) is 22.3 Å². The Labute approximate surface area is 137 Å². The van der Waals surface area contributed by atoms with Gasteiger partial charge in [0.15, 0.2) is 0 Å². The van der Waals surface area contributed by atoms with E-state index in [0.717, 1.165) is 12.1 Å². The van der Waals surface area contributed by atoms with Crippen LogP contribution in [0.15, 0.2) is 36.4 Å². The van der Waals surface area contributed by atoms with Crippen molar-refractivity contribution in [1.82, 2.24) is 4.90 Å². The zero-order chi connectivity index (χ0) is 17.3. The van der Waals surface area contributed by atoms with Crippen LogP contribution < -0.4 is 0 Å². The molecule has 0 aromatic heterocycles. The molecule has 1 N–H and O–H groups in total. The number of halogens is 3. The summed E-state index contributed by atoms with van der Waals surface area (Å²) >= 11 is 0. The average Bonchev–Trinajstić information content (AvgIpc) is 2.94. The Morgan fingerprint density at radius 1 is 1.17 bits per heavy atom. The number of hydrogen-bond acceptors (Lipinski definition) is 2. The minimum Gasteiger partial charge on any atom is -0.507 e. The van der Waals surface area contributed by atoms with Crippen molar-refractivity contribution in [2.75, 3.05) is 13.1 Å². The topological polar surface area (TPSA) is 40.5 Å². The van der Waals surface area contributed by atoms with Gasteiger partial charge in [-0.2, -0.15) is 0 Å². The number of phenolic OH excluding ortho intramolecular Hbond substituents is 1. The fourth-order valence-electron chi connectivity index (χ4n) is 3.13. The van der Waals surface area contributed by atoms with Crippen molar-refractivity contribution in [3.05, 3.63) is 65.0 Å². The maximum Gasteiger partial charge on any atom is 0.260 e. The number of hydrogen-bond donors (Lipinski definition) is 1. The zero-order valence-electron chi connectivity index (χ0n) is 12.8. The van der Waals surface area contributed by atoms with Gasteiger partial charge in [0.1, 0.15) is 28.8 Å². The van der Waals surface area contributed by atoms with Crippen LogP contribution in [0.4, 0.5) is 13.2 Å². The molecule has 1 fully saturated rings. The molecule has 1 atom stereocenters. The SMILES string of the molecule is O=C(c1c(O)cccc1F)N1CCC(Cc2cc(F)cc(F)c2)C1. The number of carbonyl (C=O) groups excluding carboxylic acids is 1. The molecule has 2 aromatic rings. The molecule has 1 heterocycles. The Hall–Kier alpha value is -2.50. The van der Waals surface area contributed by atoms with E-state index in [2.05, 4.69) is 0 Å². The number of benzene rings is 2. The number of phenols is 1. The number of likely N-dealkylation sites (tertiary alicyclic amines) is 1. The third-order valence-corrected chi connectivity index (χ3v) is 4.23. The molecule has 0 bridgehead atoms. The molecule has 1 saturated heterocycles. The van der Waals surface area contributed by atoms with Crippen LogP contribution in [0, 0.1) is 23.4 Å². The highest BCUT2D eigenvalue weighted by Gasteiger charge is 2.30. The Kier molecular flexibility index (Phi) is 4.46. The molecule has 1 unspecified atom stereocenters. The maximum absolute atomic E-state index is 13.8. The molecule has 1 amide bonds. The second-order valence-corrected chi connectivity index (χ2v) is 6.02. The van der Waals surface area contributed by atoms with Gasteiger partial charge < -0.3 is 10.0 Å². The normalized spacial score (nSPS) is 17.3. The van der Waals surface area contributed by atoms with Crippen LogP contribution >= 0.6 is 0 Å². The van der Waals surface area contributed by atoms with E-state index >= 15 is 0 Å². The fraction of sp³-hybridized carbons (Fsp3) is 0.278. The summed E-state index contributed by atoms with van der Waals surface area (Å²) < 4.78 is 40.3. The molecule has 2 aromatic carbocycles. The van der Waals surface area contributed by atoms with Crippen LogP contribution in [0.5, 0.6) is 5.75 Å². The Bertz CT molecular complexity index is 738. The maximum atomic E-state index is 13.8. The Balaban J connectivity index is 1.70. The lowest BCUT2D eigenvalue weighted by atomic mass is 9.98. The van der Waals surface area contributed by atoms with E-state index in [1.165, 1.54) is 29.2 Å². The van der Waals surface area contributed by atoms with Gasteiger partial charge in [0.2, 0.25) is 0 Å². The molecule has 3 rings (SSSR count). The van der Waals surface area contributed by atoms with Crippen molar-refractivity contribution < 1.29 is 23.1 Å². The first-order valence-electron chi connectivity index (χ1n) is 7.66. The van der Waals surface area contributed by atoms with Crippen molar-refractivity contribution in [2.24, 2.45) is 5.92 Å². The van der Waals surface area contributed by atoms with Gasteiger partial charge >= 0.3 is 0 Å². The van der Waals surface area contributed by atoms with E-state index in [0.29, 0.717) is 31.5 Å². The molecular weight excluding hydrogens is 319 g/mol. The highest BCUT2D eigenvalue weighted by atomic mass is 19.1. The molecule has 0 saturated carbocycles. The number of nitrogens with zero attached hydrogens (tertiary/aromatic N) is 1. The summed E-state index contributed by atoms with van der Waals surface area (Å²) in [7, 11) is 0. The lowest BCUT2D eigenvalue weighted by molar-refractivity contribution is 0.0779. The fourth-order valence-corrected chi connectivity index (χ4v) is 3.13. The monoisotopic (exact) mass is 335 g/mol. The van der Waals surface area contributed by atoms with Gasteiger partial charge in [-0.05, 0) is 48.6 Å². The summed E-state index contributed by atoms with van der Waals surface area (Å²) in [6, 6.07) is 7.07. The summed E-state index contributed by atoms with van der Waals surface area (Å²) in [5.41, 5.74) is 0.190. The molecule has 3 nitrogen and oxygen atoms in total. The highest BCUT2D eigenvalue weighted by molar-refractivity contribution is 5.97. The zero-order valence-corrected chi connectivity index (χ0v) is 12.8. The van der Waals surface area contributed by atoms with Gasteiger partial charge in [0.05, 0.1) is 0 Å². The molecule has 6 heteroatoms. The molecule has 1 aliphatic heterocycles. The Morgan fingerprint density at radius 3 is 2.54 bits per heavy atom. The predicted molar refractivity (Wildman–Crippen MR) is 82.1 cm³/mol. The molecule has 0 radical (unpaired) electrons. The van der Waals surface area contributed by atoms with Crippen LogP contribution in [0.25, 0.3) is 0 Å². The molecular formula is C18H16F3NO2. The van der Waals surface area contributed by atoms with Gasteiger partial charge in [-0.25, -0.2) is 13.2 Å². The summed E-state index contributed by atoms with van der Waals surface area (Å²) in [6.45, 7) is 0.764. The van der Waals surface area contributed by atoms with Gasteiger partial charge in [0, 0.05) is 19.2 Å². The van der Waals surface area contributed by atoms with Crippen molar-refractivity contribution in [2.45, 2.75) is 12.8 Å². The van der Waals surface area contributed by atoms with Crippen molar-refractivity contribution in [1.29, 1.82) is 0 Å². The largest absolute Gasteiger partial charge is 0.507 e. The van der Waals surface area contributed by atoms with Crippen molar-refractivity contribution in [3.8, 4) is 5.75 Å². The van der Waals surface area contributed by atoms with Gasteiger partial charge in [-0.1, -0.05) is 6.07 Å². The molecule has 126 valence electrons. The van der Waals surface area contributed by atoms with Gasteiger partial charge in [-0.3, -0.25) is 4.79 Å². The first-order chi connectivity index (χ1) is 11.4. The van der Waals surface area contributed by atoms with E-state index < -0.39 is 29.1 Å². The van der Waals surface area contributed by atoms with Crippen molar-refractivity contribution in [3.63, 3.8) is 0 Å².